The molecule has 2 aromatic rings. The lowest BCUT2D eigenvalue weighted by molar-refractivity contribution is -0.140. The van der Waals surface area contributed by atoms with E-state index in [0.29, 0.717) is 24.7 Å². The average molecular weight is 299 g/mol. The third kappa shape index (κ3) is 4.63. The smallest absolute Gasteiger partial charge is 0.320 e. The SMILES string of the molecule is CC(C)C[C@H](NCc1cnc(-c2ccccc2)nc1)C(=O)O. The second-order valence-corrected chi connectivity index (χ2v) is 5.68. The molecule has 0 fully saturated rings. The molecule has 0 aliphatic heterocycles. The highest BCUT2D eigenvalue weighted by atomic mass is 16.4. The van der Waals surface area contributed by atoms with Crippen molar-refractivity contribution >= 4 is 5.97 Å². The lowest BCUT2D eigenvalue weighted by atomic mass is 10.0. The highest BCUT2D eigenvalue weighted by Gasteiger charge is 2.18. The minimum Gasteiger partial charge on any atom is -0.480 e. The van der Waals surface area contributed by atoms with Crippen LogP contribution in [0, 0.1) is 5.92 Å². The third-order valence-corrected chi connectivity index (χ3v) is 3.30. The molecule has 0 bridgehead atoms. The molecule has 22 heavy (non-hydrogen) atoms. The maximum atomic E-state index is 11.2. The molecule has 0 unspecified atom stereocenters. The van der Waals surface area contributed by atoms with Crippen molar-refractivity contribution in [2.45, 2.75) is 32.9 Å². The predicted octanol–water partition coefficient (Wildman–Crippen LogP) is 2.73. The Morgan fingerprint density at radius 3 is 2.36 bits per heavy atom. The van der Waals surface area contributed by atoms with Gasteiger partial charge in [-0.1, -0.05) is 44.2 Å². The molecule has 0 aliphatic carbocycles. The van der Waals surface area contributed by atoms with Gasteiger partial charge in [-0.05, 0) is 12.3 Å². The van der Waals surface area contributed by atoms with Gasteiger partial charge in [0.15, 0.2) is 5.82 Å². The van der Waals surface area contributed by atoms with Crippen LogP contribution in [0.25, 0.3) is 11.4 Å². The van der Waals surface area contributed by atoms with Crippen LogP contribution in [-0.4, -0.2) is 27.1 Å². The van der Waals surface area contributed by atoms with Crippen molar-refractivity contribution in [1.82, 2.24) is 15.3 Å². The highest BCUT2D eigenvalue weighted by Crippen LogP contribution is 2.13. The molecule has 0 amide bonds. The summed E-state index contributed by atoms with van der Waals surface area (Å²) in [6.45, 7) is 4.46. The summed E-state index contributed by atoms with van der Waals surface area (Å²) in [5.74, 6) is 0.169. The fourth-order valence-corrected chi connectivity index (χ4v) is 2.17. The van der Waals surface area contributed by atoms with Crippen LogP contribution in [-0.2, 0) is 11.3 Å². The number of carboxylic acids is 1. The first-order chi connectivity index (χ1) is 10.6. The van der Waals surface area contributed by atoms with Crippen molar-refractivity contribution in [2.75, 3.05) is 0 Å². The molecule has 2 rings (SSSR count). The summed E-state index contributed by atoms with van der Waals surface area (Å²) in [5.41, 5.74) is 1.83. The van der Waals surface area contributed by atoms with Gasteiger partial charge in [0, 0.05) is 30.1 Å². The number of hydrogen-bond acceptors (Lipinski definition) is 4. The number of aromatic nitrogens is 2. The van der Waals surface area contributed by atoms with Crippen molar-refractivity contribution in [3.63, 3.8) is 0 Å². The number of benzene rings is 1. The van der Waals surface area contributed by atoms with E-state index in [1.54, 1.807) is 12.4 Å². The van der Waals surface area contributed by atoms with Crippen molar-refractivity contribution in [3.8, 4) is 11.4 Å². The number of nitrogens with one attached hydrogen (secondary N) is 1. The van der Waals surface area contributed by atoms with Gasteiger partial charge in [-0.15, -0.1) is 0 Å². The van der Waals surface area contributed by atoms with E-state index in [2.05, 4.69) is 15.3 Å². The van der Waals surface area contributed by atoms with Crippen LogP contribution in [0.2, 0.25) is 0 Å². The molecule has 1 aromatic heterocycles. The summed E-state index contributed by atoms with van der Waals surface area (Å²) in [4.78, 5) is 19.9. The summed E-state index contributed by atoms with van der Waals surface area (Å²) < 4.78 is 0. The van der Waals surface area contributed by atoms with Crippen molar-refractivity contribution < 1.29 is 9.90 Å². The van der Waals surface area contributed by atoms with Gasteiger partial charge < -0.3 is 10.4 Å². The summed E-state index contributed by atoms with van der Waals surface area (Å²) in [6, 6.07) is 9.19. The van der Waals surface area contributed by atoms with Crippen LogP contribution in [0.5, 0.6) is 0 Å². The molecule has 0 spiro atoms. The minimum absolute atomic E-state index is 0.324. The molecule has 1 aromatic carbocycles. The summed E-state index contributed by atoms with van der Waals surface area (Å²) in [7, 11) is 0. The van der Waals surface area contributed by atoms with Crippen LogP contribution in [0.1, 0.15) is 25.8 Å². The molecular formula is C17H21N3O2. The largest absolute Gasteiger partial charge is 0.480 e. The average Bonchev–Trinajstić information content (AvgIpc) is 2.52. The maximum absolute atomic E-state index is 11.2. The Kier molecular flexibility index (Phi) is 5.61. The Balaban J connectivity index is 1.98. The van der Waals surface area contributed by atoms with Crippen LogP contribution in [0.3, 0.4) is 0 Å². The fraction of sp³-hybridized carbons (Fsp3) is 0.353. The summed E-state index contributed by atoms with van der Waals surface area (Å²) in [6.07, 6.45) is 4.06. The number of carbonyl (C=O) groups is 1. The van der Waals surface area contributed by atoms with E-state index < -0.39 is 12.0 Å². The zero-order valence-electron chi connectivity index (χ0n) is 12.9. The Bertz CT molecular complexity index is 597. The minimum atomic E-state index is -0.824. The summed E-state index contributed by atoms with van der Waals surface area (Å²) in [5, 5.41) is 12.2. The second-order valence-electron chi connectivity index (χ2n) is 5.68. The molecule has 0 saturated carbocycles. The molecule has 0 radical (unpaired) electrons. The van der Waals surface area contributed by atoms with Gasteiger partial charge in [-0.3, -0.25) is 4.79 Å². The lowest BCUT2D eigenvalue weighted by Crippen LogP contribution is -2.37. The normalized spacial score (nSPS) is 12.3. The first-order valence-corrected chi connectivity index (χ1v) is 7.39. The predicted molar refractivity (Wildman–Crippen MR) is 85.2 cm³/mol. The lowest BCUT2D eigenvalue weighted by Gasteiger charge is -2.16. The Labute approximate surface area is 130 Å². The maximum Gasteiger partial charge on any atom is 0.320 e. The van der Waals surface area contributed by atoms with Crippen molar-refractivity contribution in [3.05, 3.63) is 48.3 Å². The first-order valence-electron chi connectivity index (χ1n) is 7.39. The zero-order chi connectivity index (χ0) is 15.9. The molecule has 1 atom stereocenters. The molecule has 5 nitrogen and oxygen atoms in total. The number of hydrogen-bond donors (Lipinski definition) is 2. The third-order valence-electron chi connectivity index (χ3n) is 3.30. The van der Waals surface area contributed by atoms with Crippen LogP contribution < -0.4 is 5.32 Å². The molecule has 0 aliphatic rings. The standard InChI is InChI=1S/C17H21N3O2/c1-12(2)8-15(17(21)22)18-9-13-10-19-16(20-11-13)14-6-4-3-5-7-14/h3-7,10-12,15,18H,8-9H2,1-2H3,(H,21,22)/t15-/m0/s1. The number of carboxylic acid groups (broad SMARTS) is 1. The molecule has 1 heterocycles. The van der Waals surface area contributed by atoms with Gasteiger partial charge in [-0.25, -0.2) is 9.97 Å². The Morgan fingerprint density at radius 2 is 1.82 bits per heavy atom. The van der Waals surface area contributed by atoms with Gasteiger partial charge in [0.2, 0.25) is 0 Å². The van der Waals surface area contributed by atoms with Gasteiger partial charge in [-0.2, -0.15) is 0 Å². The van der Waals surface area contributed by atoms with E-state index in [1.165, 1.54) is 0 Å². The van der Waals surface area contributed by atoms with Crippen molar-refractivity contribution in [2.24, 2.45) is 5.92 Å². The topological polar surface area (TPSA) is 75.1 Å². The van der Waals surface area contributed by atoms with E-state index in [-0.39, 0.29) is 0 Å². The van der Waals surface area contributed by atoms with Gasteiger partial charge in [0.25, 0.3) is 0 Å². The Morgan fingerprint density at radius 1 is 1.18 bits per heavy atom. The van der Waals surface area contributed by atoms with E-state index >= 15 is 0 Å². The number of aliphatic carboxylic acids is 1. The zero-order valence-corrected chi connectivity index (χ0v) is 12.9. The van der Waals surface area contributed by atoms with E-state index in [4.69, 9.17) is 0 Å². The summed E-state index contributed by atoms with van der Waals surface area (Å²) >= 11 is 0. The van der Waals surface area contributed by atoms with Gasteiger partial charge >= 0.3 is 5.97 Å². The van der Waals surface area contributed by atoms with Crippen LogP contribution in [0.4, 0.5) is 0 Å². The molecular weight excluding hydrogens is 278 g/mol. The van der Waals surface area contributed by atoms with Crippen LogP contribution >= 0.6 is 0 Å². The quantitative estimate of drug-likeness (QED) is 0.822. The Hall–Kier alpha value is -2.27. The number of rotatable bonds is 7. The van der Waals surface area contributed by atoms with E-state index in [9.17, 15) is 9.90 Å². The van der Waals surface area contributed by atoms with E-state index in [0.717, 1.165) is 11.1 Å². The second kappa shape index (κ2) is 7.66. The highest BCUT2D eigenvalue weighted by molar-refractivity contribution is 5.73. The first kappa shape index (κ1) is 16.1. The molecule has 0 saturated heterocycles. The molecule has 2 N–H and O–H groups in total. The van der Waals surface area contributed by atoms with Gasteiger partial charge in [0.05, 0.1) is 0 Å². The fourth-order valence-electron chi connectivity index (χ4n) is 2.17. The monoisotopic (exact) mass is 299 g/mol. The van der Waals surface area contributed by atoms with E-state index in [1.807, 2.05) is 44.2 Å². The molecule has 5 heteroatoms. The van der Waals surface area contributed by atoms with Gasteiger partial charge in [0.1, 0.15) is 6.04 Å². The molecule has 116 valence electrons. The van der Waals surface area contributed by atoms with Crippen LogP contribution in [0.15, 0.2) is 42.7 Å². The number of nitrogens with zero attached hydrogens (tertiary/aromatic N) is 2. The van der Waals surface area contributed by atoms with Crippen molar-refractivity contribution in [1.29, 1.82) is 0 Å².